The Balaban J connectivity index is 1.91. The molecule has 1 unspecified atom stereocenters. The van der Waals surface area contributed by atoms with Gasteiger partial charge in [0.05, 0.1) is 18.3 Å². The average Bonchev–Trinajstić information content (AvgIpc) is 2.10. The maximum Gasteiger partial charge on any atom is 0.0628 e. The third-order valence-electron chi connectivity index (χ3n) is 2.96. The highest BCUT2D eigenvalue weighted by atomic mass is 16.5. The highest BCUT2D eigenvalue weighted by molar-refractivity contribution is 4.79. The lowest BCUT2D eigenvalue weighted by Gasteiger charge is -2.33. The molecular formula is C12H24O2. The highest BCUT2D eigenvalue weighted by Gasteiger charge is 2.28. The van der Waals surface area contributed by atoms with Crippen LogP contribution in [0.2, 0.25) is 0 Å². The minimum Gasteiger partial charge on any atom is -0.393 e. The molecule has 2 nitrogen and oxygen atoms in total. The second kappa shape index (κ2) is 6.41. The van der Waals surface area contributed by atoms with Crippen molar-refractivity contribution in [3.63, 3.8) is 0 Å². The molecule has 14 heavy (non-hydrogen) atoms. The third kappa shape index (κ3) is 4.43. The van der Waals surface area contributed by atoms with Gasteiger partial charge in [0.25, 0.3) is 0 Å². The minimum absolute atomic E-state index is 0.0905. The zero-order valence-electron chi connectivity index (χ0n) is 9.54. The molecule has 0 aromatic heterocycles. The minimum atomic E-state index is -0.0905. The molecule has 0 amide bonds. The van der Waals surface area contributed by atoms with Crippen molar-refractivity contribution in [1.29, 1.82) is 0 Å². The summed E-state index contributed by atoms with van der Waals surface area (Å²) in [6, 6.07) is 0. The predicted octanol–water partition coefficient (Wildman–Crippen LogP) is 2.89. The molecule has 1 rings (SSSR count). The van der Waals surface area contributed by atoms with Crippen LogP contribution in [0, 0.1) is 0 Å². The van der Waals surface area contributed by atoms with Crippen molar-refractivity contribution in [2.75, 3.05) is 0 Å². The van der Waals surface area contributed by atoms with Gasteiger partial charge in [-0.1, -0.05) is 32.6 Å². The second-order valence-electron chi connectivity index (χ2n) is 4.54. The standard InChI is InChI=1S/C12H24O2/c1-3-4-5-6-7-10(2)14-12-8-11(13)9-12/h10-13H,3-9H2,1-2H3. The van der Waals surface area contributed by atoms with Crippen molar-refractivity contribution >= 4 is 0 Å². The predicted molar refractivity (Wildman–Crippen MR) is 58.3 cm³/mol. The molecule has 0 aromatic carbocycles. The smallest absolute Gasteiger partial charge is 0.0628 e. The summed E-state index contributed by atoms with van der Waals surface area (Å²) in [6.45, 7) is 4.38. The number of hydrogen-bond donors (Lipinski definition) is 1. The van der Waals surface area contributed by atoms with Crippen molar-refractivity contribution in [2.45, 2.75) is 77.1 Å². The van der Waals surface area contributed by atoms with Crippen LogP contribution in [0.4, 0.5) is 0 Å². The monoisotopic (exact) mass is 200 g/mol. The van der Waals surface area contributed by atoms with Crippen LogP contribution in [0.1, 0.15) is 58.8 Å². The number of unbranched alkanes of at least 4 members (excludes halogenated alkanes) is 3. The van der Waals surface area contributed by atoms with Gasteiger partial charge in [-0.3, -0.25) is 0 Å². The van der Waals surface area contributed by atoms with E-state index in [2.05, 4.69) is 13.8 Å². The van der Waals surface area contributed by atoms with E-state index >= 15 is 0 Å². The molecule has 0 radical (unpaired) electrons. The first kappa shape index (κ1) is 12.0. The van der Waals surface area contributed by atoms with Gasteiger partial charge in [0.2, 0.25) is 0 Å². The Morgan fingerprint density at radius 2 is 2.00 bits per heavy atom. The largest absolute Gasteiger partial charge is 0.393 e. The second-order valence-corrected chi connectivity index (χ2v) is 4.54. The summed E-state index contributed by atoms with van der Waals surface area (Å²) >= 11 is 0. The topological polar surface area (TPSA) is 29.5 Å². The lowest BCUT2D eigenvalue weighted by Crippen LogP contribution is -2.37. The number of rotatable bonds is 7. The molecular weight excluding hydrogens is 176 g/mol. The highest BCUT2D eigenvalue weighted by Crippen LogP contribution is 2.25. The fraction of sp³-hybridized carbons (Fsp3) is 1.00. The van der Waals surface area contributed by atoms with Gasteiger partial charge in [-0.2, -0.15) is 0 Å². The van der Waals surface area contributed by atoms with E-state index < -0.39 is 0 Å². The molecule has 2 heteroatoms. The number of hydrogen-bond acceptors (Lipinski definition) is 2. The summed E-state index contributed by atoms with van der Waals surface area (Å²) in [7, 11) is 0. The normalized spacial score (nSPS) is 28.5. The Morgan fingerprint density at radius 3 is 2.57 bits per heavy atom. The Kier molecular flexibility index (Phi) is 5.49. The molecule has 1 aliphatic rings. The fourth-order valence-corrected chi connectivity index (χ4v) is 1.90. The van der Waals surface area contributed by atoms with Crippen LogP contribution in [-0.4, -0.2) is 23.4 Å². The van der Waals surface area contributed by atoms with Crippen LogP contribution in [-0.2, 0) is 4.74 Å². The number of aliphatic hydroxyl groups excluding tert-OH is 1. The molecule has 0 heterocycles. The SMILES string of the molecule is CCCCCCC(C)OC1CC(O)C1. The van der Waals surface area contributed by atoms with Crippen molar-refractivity contribution in [1.82, 2.24) is 0 Å². The van der Waals surface area contributed by atoms with Crippen molar-refractivity contribution in [3.8, 4) is 0 Å². The average molecular weight is 200 g/mol. The molecule has 1 atom stereocenters. The van der Waals surface area contributed by atoms with Gasteiger partial charge in [0, 0.05) is 0 Å². The summed E-state index contributed by atoms with van der Waals surface area (Å²) in [5.74, 6) is 0. The lowest BCUT2D eigenvalue weighted by atomic mass is 9.92. The van der Waals surface area contributed by atoms with Gasteiger partial charge in [0.1, 0.15) is 0 Å². The summed E-state index contributed by atoms with van der Waals surface area (Å²) < 4.78 is 5.78. The van der Waals surface area contributed by atoms with E-state index in [0.717, 1.165) is 12.8 Å². The van der Waals surface area contributed by atoms with E-state index in [4.69, 9.17) is 9.84 Å². The van der Waals surface area contributed by atoms with Crippen LogP contribution < -0.4 is 0 Å². The maximum absolute atomic E-state index is 9.10. The molecule has 0 saturated heterocycles. The molecule has 0 aromatic rings. The Hall–Kier alpha value is -0.0800. The van der Waals surface area contributed by atoms with E-state index in [1.807, 2.05) is 0 Å². The zero-order chi connectivity index (χ0) is 10.4. The first-order chi connectivity index (χ1) is 6.72. The van der Waals surface area contributed by atoms with Crippen LogP contribution in [0.15, 0.2) is 0 Å². The lowest BCUT2D eigenvalue weighted by molar-refractivity contribution is -0.100. The molecule has 1 N–H and O–H groups in total. The van der Waals surface area contributed by atoms with Crippen molar-refractivity contribution < 1.29 is 9.84 Å². The first-order valence-electron chi connectivity index (χ1n) is 6.06. The maximum atomic E-state index is 9.10. The van der Waals surface area contributed by atoms with Gasteiger partial charge in [-0.15, -0.1) is 0 Å². The van der Waals surface area contributed by atoms with Crippen LogP contribution in [0.25, 0.3) is 0 Å². The summed E-state index contributed by atoms with van der Waals surface area (Å²) in [5, 5.41) is 9.10. The fourth-order valence-electron chi connectivity index (χ4n) is 1.90. The molecule has 1 fully saturated rings. The summed E-state index contributed by atoms with van der Waals surface area (Å²) in [5.41, 5.74) is 0. The molecule has 84 valence electrons. The molecule has 1 aliphatic carbocycles. The quantitative estimate of drug-likeness (QED) is 0.640. The van der Waals surface area contributed by atoms with E-state index in [1.54, 1.807) is 0 Å². The van der Waals surface area contributed by atoms with Gasteiger partial charge in [-0.25, -0.2) is 0 Å². The Labute approximate surface area is 87.7 Å². The van der Waals surface area contributed by atoms with Gasteiger partial charge >= 0.3 is 0 Å². The van der Waals surface area contributed by atoms with Gasteiger partial charge in [0.15, 0.2) is 0 Å². The zero-order valence-corrected chi connectivity index (χ0v) is 9.54. The van der Waals surface area contributed by atoms with Gasteiger partial charge in [-0.05, 0) is 26.2 Å². The van der Waals surface area contributed by atoms with Crippen LogP contribution in [0.3, 0.4) is 0 Å². The van der Waals surface area contributed by atoms with Gasteiger partial charge < -0.3 is 9.84 Å². The third-order valence-corrected chi connectivity index (χ3v) is 2.96. The van der Waals surface area contributed by atoms with E-state index in [9.17, 15) is 0 Å². The van der Waals surface area contributed by atoms with Crippen molar-refractivity contribution in [3.05, 3.63) is 0 Å². The van der Waals surface area contributed by atoms with E-state index in [1.165, 1.54) is 32.1 Å². The first-order valence-corrected chi connectivity index (χ1v) is 6.06. The van der Waals surface area contributed by atoms with Crippen LogP contribution >= 0.6 is 0 Å². The molecule has 0 bridgehead atoms. The van der Waals surface area contributed by atoms with Crippen LogP contribution in [0.5, 0.6) is 0 Å². The molecule has 1 saturated carbocycles. The number of ether oxygens (including phenoxy) is 1. The summed E-state index contributed by atoms with van der Waals surface area (Å²) in [6.07, 6.45) is 8.74. The summed E-state index contributed by atoms with van der Waals surface area (Å²) in [4.78, 5) is 0. The van der Waals surface area contributed by atoms with E-state index in [-0.39, 0.29) is 6.10 Å². The molecule has 0 aliphatic heterocycles. The number of aliphatic hydroxyl groups is 1. The van der Waals surface area contributed by atoms with E-state index in [0.29, 0.717) is 12.2 Å². The Morgan fingerprint density at radius 1 is 1.29 bits per heavy atom. The van der Waals surface area contributed by atoms with Crippen molar-refractivity contribution in [2.24, 2.45) is 0 Å². The molecule has 0 spiro atoms. The Bertz CT molecular complexity index is 141.